The van der Waals surface area contributed by atoms with Crippen LogP contribution in [0.2, 0.25) is 0 Å². The predicted octanol–water partition coefficient (Wildman–Crippen LogP) is 1.44. The molecule has 6 heteroatoms. The van der Waals surface area contributed by atoms with E-state index in [2.05, 4.69) is 0 Å². The van der Waals surface area contributed by atoms with Gasteiger partial charge < -0.3 is 10.6 Å². The first kappa shape index (κ1) is 15.8. The molecular formula is C15H22N2O3S. The van der Waals surface area contributed by atoms with Crippen LogP contribution in [0.4, 0.5) is 5.69 Å². The smallest absolute Gasteiger partial charge is 0.227 e. The molecule has 1 aromatic carbocycles. The second-order valence-electron chi connectivity index (χ2n) is 5.90. The van der Waals surface area contributed by atoms with Crippen LogP contribution in [0, 0.1) is 5.92 Å². The van der Waals surface area contributed by atoms with Gasteiger partial charge in [-0.05, 0) is 38.0 Å². The monoisotopic (exact) mass is 310 g/mol. The largest absolute Gasteiger partial charge is 0.399 e. The molecular weight excluding hydrogens is 288 g/mol. The lowest BCUT2D eigenvalue weighted by Crippen LogP contribution is -2.40. The van der Waals surface area contributed by atoms with E-state index in [1.165, 1.54) is 0 Å². The van der Waals surface area contributed by atoms with Crippen LogP contribution in [-0.2, 0) is 21.2 Å². The summed E-state index contributed by atoms with van der Waals surface area (Å²) in [6, 6.07) is 7.43. The summed E-state index contributed by atoms with van der Waals surface area (Å²) in [6.07, 6.45) is 0.432. The Hall–Kier alpha value is -1.56. The molecule has 5 nitrogen and oxygen atoms in total. The Morgan fingerprint density at radius 3 is 2.67 bits per heavy atom. The molecule has 1 aromatic rings. The number of carbonyl (C=O) groups is 1. The summed E-state index contributed by atoms with van der Waals surface area (Å²) in [5.41, 5.74) is 7.38. The number of anilines is 1. The van der Waals surface area contributed by atoms with Crippen molar-refractivity contribution in [2.24, 2.45) is 5.92 Å². The second kappa shape index (κ2) is 6.05. The molecule has 1 atom stereocenters. The predicted molar refractivity (Wildman–Crippen MR) is 83.3 cm³/mol. The quantitative estimate of drug-likeness (QED) is 0.853. The van der Waals surface area contributed by atoms with Crippen molar-refractivity contribution in [3.63, 3.8) is 0 Å². The second-order valence-corrected chi connectivity index (χ2v) is 8.13. The molecule has 2 rings (SSSR count). The van der Waals surface area contributed by atoms with Crippen molar-refractivity contribution >= 4 is 21.4 Å². The van der Waals surface area contributed by atoms with Crippen molar-refractivity contribution in [2.45, 2.75) is 32.9 Å². The average Bonchev–Trinajstić information content (AvgIpc) is 2.75. The SMILES string of the molecule is CC(C)N(Cc1cccc(N)c1)C(=O)C1CCS(=O)(=O)C1. The molecule has 116 valence electrons. The summed E-state index contributed by atoms with van der Waals surface area (Å²) in [5.74, 6) is -0.383. The first-order valence-corrected chi connectivity index (χ1v) is 8.96. The van der Waals surface area contributed by atoms with E-state index in [1.54, 1.807) is 11.0 Å². The number of nitrogens with two attached hydrogens (primary N) is 1. The first-order valence-electron chi connectivity index (χ1n) is 7.14. The lowest BCUT2D eigenvalue weighted by Gasteiger charge is -2.29. The first-order chi connectivity index (χ1) is 9.78. The van der Waals surface area contributed by atoms with Gasteiger partial charge in [-0.3, -0.25) is 4.79 Å². The minimum absolute atomic E-state index is 0.0160. The Kier molecular flexibility index (Phi) is 4.56. The number of carbonyl (C=O) groups excluding carboxylic acids is 1. The fourth-order valence-electron chi connectivity index (χ4n) is 2.63. The molecule has 1 aliphatic rings. The number of benzene rings is 1. The summed E-state index contributed by atoms with van der Waals surface area (Å²) in [4.78, 5) is 14.3. The van der Waals surface area contributed by atoms with Crippen molar-refractivity contribution in [3.05, 3.63) is 29.8 Å². The highest BCUT2D eigenvalue weighted by Gasteiger charge is 2.36. The average molecular weight is 310 g/mol. The molecule has 21 heavy (non-hydrogen) atoms. The number of rotatable bonds is 4. The van der Waals surface area contributed by atoms with Crippen molar-refractivity contribution in [1.29, 1.82) is 0 Å². The van der Waals surface area contributed by atoms with Gasteiger partial charge in [0.05, 0.1) is 17.4 Å². The van der Waals surface area contributed by atoms with E-state index in [0.717, 1.165) is 5.56 Å². The van der Waals surface area contributed by atoms with Crippen molar-refractivity contribution in [2.75, 3.05) is 17.2 Å². The zero-order valence-electron chi connectivity index (χ0n) is 12.5. The van der Waals surface area contributed by atoms with Crippen LogP contribution in [0.3, 0.4) is 0 Å². The van der Waals surface area contributed by atoms with Crippen LogP contribution in [0.25, 0.3) is 0 Å². The minimum atomic E-state index is -3.05. The number of nitrogens with zero attached hydrogens (tertiary/aromatic N) is 1. The lowest BCUT2D eigenvalue weighted by molar-refractivity contribution is -0.137. The summed E-state index contributed by atoms with van der Waals surface area (Å²) < 4.78 is 23.1. The summed E-state index contributed by atoms with van der Waals surface area (Å²) in [5, 5.41) is 0. The van der Waals surface area contributed by atoms with E-state index in [1.807, 2.05) is 32.0 Å². The van der Waals surface area contributed by atoms with Crippen molar-refractivity contribution in [3.8, 4) is 0 Å². The Labute approximate surface area is 126 Å². The van der Waals surface area contributed by atoms with E-state index in [-0.39, 0.29) is 23.5 Å². The Bertz CT molecular complexity index is 626. The number of hydrogen-bond acceptors (Lipinski definition) is 4. The van der Waals surface area contributed by atoms with Gasteiger partial charge in [0.15, 0.2) is 9.84 Å². The van der Waals surface area contributed by atoms with Gasteiger partial charge in [0, 0.05) is 18.3 Å². The van der Waals surface area contributed by atoms with Crippen molar-refractivity contribution in [1.82, 2.24) is 4.90 Å². The Balaban J connectivity index is 2.14. The molecule has 0 radical (unpaired) electrons. The Morgan fingerprint density at radius 2 is 2.14 bits per heavy atom. The highest BCUT2D eigenvalue weighted by Crippen LogP contribution is 2.23. The van der Waals surface area contributed by atoms with Gasteiger partial charge in [0.1, 0.15) is 0 Å². The van der Waals surface area contributed by atoms with E-state index in [9.17, 15) is 13.2 Å². The summed E-state index contributed by atoms with van der Waals surface area (Å²) in [6.45, 7) is 4.33. The number of amides is 1. The highest BCUT2D eigenvalue weighted by molar-refractivity contribution is 7.91. The maximum atomic E-state index is 12.6. The molecule has 1 saturated heterocycles. The molecule has 0 saturated carbocycles. The number of sulfone groups is 1. The van der Waals surface area contributed by atoms with Gasteiger partial charge in [-0.15, -0.1) is 0 Å². The van der Waals surface area contributed by atoms with Crippen LogP contribution in [0.5, 0.6) is 0 Å². The minimum Gasteiger partial charge on any atom is -0.399 e. The maximum absolute atomic E-state index is 12.6. The molecule has 2 N–H and O–H groups in total. The van der Waals surface area contributed by atoms with Gasteiger partial charge >= 0.3 is 0 Å². The highest BCUT2D eigenvalue weighted by atomic mass is 32.2. The third kappa shape index (κ3) is 3.97. The van der Waals surface area contributed by atoms with Gasteiger partial charge in [-0.1, -0.05) is 12.1 Å². The van der Waals surface area contributed by atoms with Gasteiger partial charge in [0.2, 0.25) is 5.91 Å². The summed E-state index contributed by atoms with van der Waals surface area (Å²) >= 11 is 0. The zero-order chi connectivity index (χ0) is 15.6. The van der Waals surface area contributed by atoms with Crippen molar-refractivity contribution < 1.29 is 13.2 Å². The molecule has 1 fully saturated rings. The van der Waals surface area contributed by atoms with Crippen LogP contribution in [0.1, 0.15) is 25.8 Å². The Morgan fingerprint density at radius 1 is 1.43 bits per heavy atom. The fraction of sp³-hybridized carbons (Fsp3) is 0.533. The van der Waals surface area contributed by atoms with E-state index >= 15 is 0 Å². The van der Waals surface area contributed by atoms with Crippen LogP contribution < -0.4 is 5.73 Å². The molecule has 1 heterocycles. The molecule has 0 aliphatic carbocycles. The molecule has 1 amide bonds. The number of nitrogen functional groups attached to an aromatic ring is 1. The van der Waals surface area contributed by atoms with Gasteiger partial charge in [0.25, 0.3) is 0 Å². The van der Waals surface area contributed by atoms with Gasteiger partial charge in [-0.2, -0.15) is 0 Å². The fourth-order valence-corrected chi connectivity index (χ4v) is 4.36. The lowest BCUT2D eigenvalue weighted by atomic mass is 10.1. The van der Waals surface area contributed by atoms with E-state index in [0.29, 0.717) is 18.7 Å². The third-order valence-electron chi connectivity index (χ3n) is 3.79. The normalized spacial score (nSPS) is 20.6. The number of hydrogen-bond donors (Lipinski definition) is 1. The third-order valence-corrected chi connectivity index (χ3v) is 5.56. The molecule has 0 bridgehead atoms. The molecule has 1 aliphatic heterocycles. The molecule has 0 aromatic heterocycles. The summed E-state index contributed by atoms with van der Waals surface area (Å²) in [7, 11) is -3.05. The molecule has 1 unspecified atom stereocenters. The van der Waals surface area contributed by atoms with E-state index in [4.69, 9.17) is 5.73 Å². The van der Waals surface area contributed by atoms with Crippen LogP contribution >= 0.6 is 0 Å². The zero-order valence-corrected chi connectivity index (χ0v) is 13.3. The van der Waals surface area contributed by atoms with Gasteiger partial charge in [-0.25, -0.2) is 8.42 Å². The molecule has 0 spiro atoms. The van der Waals surface area contributed by atoms with Crippen LogP contribution in [0.15, 0.2) is 24.3 Å². The van der Waals surface area contributed by atoms with E-state index < -0.39 is 15.8 Å². The standard InChI is InChI=1S/C15H22N2O3S/c1-11(2)17(9-12-4-3-5-14(16)8-12)15(18)13-6-7-21(19,20)10-13/h3-5,8,11,13H,6-7,9-10,16H2,1-2H3. The topological polar surface area (TPSA) is 80.5 Å². The van der Waals surface area contributed by atoms with Crippen LogP contribution in [-0.4, -0.2) is 36.8 Å². The maximum Gasteiger partial charge on any atom is 0.227 e.